The maximum Gasteiger partial charge on any atom is 0.107 e. The molecule has 1 aromatic heterocycles. The van der Waals surface area contributed by atoms with Gasteiger partial charge in [-0.2, -0.15) is 0 Å². The Hall–Kier alpha value is -0.450. The van der Waals surface area contributed by atoms with Crippen molar-refractivity contribution in [3.63, 3.8) is 0 Å². The van der Waals surface area contributed by atoms with Crippen molar-refractivity contribution >= 4 is 11.3 Å². The van der Waals surface area contributed by atoms with Crippen molar-refractivity contribution in [2.45, 2.75) is 45.2 Å². The number of aliphatic hydroxyl groups excluding tert-OH is 1. The summed E-state index contributed by atoms with van der Waals surface area (Å²) in [6, 6.07) is 0.212. The third-order valence-corrected chi connectivity index (χ3v) is 4.05. The molecule has 0 aliphatic heterocycles. The Balaban J connectivity index is 1.88. The number of aliphatic hydroxyl groups is 1. The third-order valence-electron chi connectivity index (χ3n) is 2.90. The number of fused-ring (bicyclic) bond motifs is 1. The van der Waals surface area contributed by atoms with Crippen molar-refractivity contribution in [2.75, 3.05) is 6.61 Å². The SMILES string of the molecule is CC[C@H](CO)NCc1nc2c(s1)CCC2. The molecule has 1 aromatic rings. The second-order valence-electron chi connectivity index (χ2n) is 4.00. The lowest BCUT2D eigenvalue weighted by Gasteiger charge is -2.12. The van der Waals surface area contributed by atoms with Gasteiger partial charge >= 0.3 is 0 Å². The molecule has 0 saturated heterocycles. The van der Waals surface area contributed by atoms with Gasteiger partial charge in [0.1, 0.15) is 5.01 Å². The molecule has 1 heterocycles. The van der Waals surface area contributed by atoms with E-state index >= 15 is 0 Å². The topological polar surface area (TPSA) is 45.1 Å². The Morgan fingerprint density at radius 2 is 2.40 bits per heavy atom. The largest absolute Gasteiger partial charge is 0.395 e. The zero-order valence-electron chi connectivity index (χ0n) is 9.12. The molecular formula is C11H18N2OS. The van der Waals surface area contributed by atoms with Gasteiger partial charge in [0, 0.05) is 17.5 Å². The highest BCUT2D eigenvalue weighted by atomic mass is 32.1. The first kappa shape index (κ1) is 11.0. The van der Waals surface area contributed by atoms with Crippen LogP contribution in [-0.4, -0.2) is 22.7 Å². The van der Waals surface area contributed by atoms with Crippen LogP contribution >= 0.6 is 11.3 Å². The van der Waals surface area contributed by atoms with Gasteiger partial charge in [-0.25, -0.2) is 4.98 Å². The number of aryl methyl sites for hydroxylation is 2. The maximum absolute atomic E-state index is 9.04. The molecule has 84 valence electrons. The van der Waals surface area contributed by atoms with Gasteiger partial charge in [0.05, 0.1) is 12.3 Å². The maximum atomic E-state index is 9.04. The predicted molar refractivity (Wildman–Crippen MR) is 62.1 cm³/mol. The summed E-state index contributed by atoms with van der Waals surface area (Å²) in [5.74, 6) is 0. The minimum Gasteiger partial charge on any atom is -0.395 e. The number of aromatic nitrogens is 1. The van der Waals surface area contributed by atoms with E-state index in [0.717, 1.165) is 19.4 Å². The Morgan fingerprint density at radius 3 is 3.07 bits per heavy atom. The normalized spacial score (nSPS) is 16.7. The smallest absolute Gasteiger partial charge is 0.107 e. The number of hydrogen-bond donors (Lipinski definition) is 2. The Bertz CT molecular complexity index is 299. The average Bonchev–Trinajstić information content (AvgIpc) is 2.79. The van der Waals surface area contributed by atoms with Crippen LogP contribution in [0.25, 0.3) is 0 Å². The van der Waals surface area contributed by atoms with Crippen molar-refractivity contribution in [1.29, 1.82) is 0 Å². The van der Waals surface area contributed by atoms with Gasteiger partial charge in [0.2, 0.25) is 0 Å². The fraction of sp³-hybridized carbons (Fsp3) is 0.727. The van der Waals surface area contributed by atoms with Gasteiger partial charge in [0.25, 0.3) is 0 Å². The van der Waals surface area contributed by atoms with Crippen LogP contribution in [0.3, 0.4) is 0 Å². The van der Waals surface area contributed by atoms with Crippen molar-refractivity contribution in [1.82, 2.24) is 10.3 Å². The first-order valence-corrected chi connectivity index (χ1v) is 6.46. The lowest BCUT2D eigenvalue weighted by Crippen LogP contribution is -2.31. The molecule has 1 aliphatic rings. The van der Waals surface area contributed by atoms with Crippen LogP contribution in [0.15, 0.2) is 0 Å². The number of nitrogens with zero attached hydrogens (tertiary/aromatic N) is 1. The van der Waals surface area contributed by atoms with Gasteiger partial charge < -0.3 is 10.4 Å². The Labute approximate surface area is 94.5 Å². The Morgan fingerprint density at radius 1 is 1.53 bits per heavy atom. The quantitative estimate of drug-likeness (QED) is 0.799. The number of thiazole rings is 1. The minimum atomic E-state index is 0.210. The van der Waals surface area contributed by atoms with E-state index in [1.54, 1.807) is 0 Å². The molecule has 2 rings (SSSR count). The first-order valence-electron chi connectivity index (χ1n) is 5.65. The highest BCUT2D eigenvalue weighted by Gasteiger charge is 2.16. The lowest BCUT2D eigenvalue weighted by molar-refractivity contribution is 0.238. The van der Waals surface area contributed by atoms with Crippen LogP contribution in [0.5, 0.6) is 0 Å². The zero-order valence-corrected chi connectivity index (χ0v) is 9.94. The van der Waals surface area contributed by atoms with E-state index < -0.39 is 0 Å². The first-order chi connectivity index (χ1) is 7.33. The number of rotatable bonds is 5. The van der Waals surface area contributed by atoms with Crippen molar-refractivity contribution in [3.05, 3.63) is 15.6 Å². The monoisotopic (exact) mass is 226 g/mol. The molecule has 0 unspecified atom stereocenters. The fourth-order valence-electron chi connectivity index (χ4n) is 1.89. The molecule has 3 nitrogen and oxygen atoms in total. The van der Waals surface area contributed by atoms with Gasteiger partial charge in [-0.15, -0.1) is 11.3 Å². The Kier molecular flexibility index (Phi) is 3.72. The molecule has 0 spiro atoms. The standard InChI is InChI=1S/C11H18N2OS/c1-2-8(7-14)12-6-11-13-9-4-3-5-10(9)15-11/h8,12,14H,2-7H2,1H3/t8-/m1/s1. The molecule has 1 aliphatic carbocycles. The summed E-state index contributed by atoms with van der Waals surface area (Å²) < 4.78 is 0. The van der Waals surface area contributed by atoms with Gasteiger partial charge in [0.15, 0.2) is 0 Å². The van der Waals surface area contributed by atoms with Crippen molar-refractivity contribution < 1.29 is 5.11 Å². The summed E-state index contributed by atoms with van der Waals surface area (Å²) in [5.41, 5.74) is 1.31. The van der Waals surface area contributed by atoms with E-state index in [4.69, 9.17) is 5.11 Å². The third kappa shape index (κ3) is 2.56. The second kappa shape index (κ2) is 5.05. The van der Waals surface area contributed by atoms with E-state index in [1.807, 2.05) is 11.3 Å². The molecule has 0 amide bonds. The molecule has 0 aromatic carbocycles. The second-order valence-corrected chi connectivity index (χ2v) is 5.17. The summed E-state index contributed by atoms with van der Waals surface area (Å²) in [5, 5.41) is 13.5. The summed E-state index contributed by atoms with van der Waals surface area (Å²) in [7, 11) is 0. The van der Waals surface area contributed by atoms with E-state index in [1.165, 1.54) is 28.4 Å². The molecule has 0 saturated carbocycles. The van der Waals surface area contributed by atoms with Crippen LogP contribution in [0.4, 0.5) is 0 Å². The van der Waals surface area contributed by atoms with Crippen LogP contribution < -0.4 is 5.32 Å². The summed E-state index contributed by atoms with van der Waals surface area (Å²) in [6.07, 6.45) is 4.60. The van der Waals surface area contributed by atoms with E-state index in [2.05, 4.69) is 17.2 Å². The molecule has 0 bridgehead atoms. The zero-order chi connectivity index (χ0) is 10.7. The van der Waals surface area contributed by atoms with Crippen molar-refractivity contribution in [3.8, 4) is 0 Å². The fourth-order valence-corrected chi connectivity index (χ4v) is 3.00. The van der Waals surface area contributed by atoms with Gasteiger partial charge in [-0.3, -0.25) is 0 Å². The van der Waals surface area contributed by atoms with Crippen LogP contribution in [0, 0.1) is 0 Å². The minimum absolute atomic E-state index is 0.210. The molecule has 15 heavy (non-hydrogen) atoms. The summed E-state index contributed by atoms with van der Waals surface area (Å²) in [6.45, 7) is 3.09. The highest BCUT2D eigenvalue weighted by Crippen LogP contribution is 2.27. The van der Waals surface area contributed by atoms with Crippen LogP contribution in [-0.2, 0) is 19.4 Å². The molecule has 0 radical (unpaired) electrons. The molecule has 1 atom stereocenters. The van der Waals surface area contributed by atoms with Gasteiger partial charge in [-0.1, -0.05) is 6.92 Å². The average molecular weight is 226 g/mol. The van der Waals surface area contributed by atoms with E-state index in [-0.39, 0.29) is 12.6 Å². The molecule has 2 N–H and O–H groups in total. The van der Waals surface area contributed by atoms with E-state index in [9.17, 15) is 0 Å². The van der Waals surface area contributed by atoms with Gasteiger partial charge in [-0.05, 0) is 25.7 Å². The van der Waals surface area contributed by atoms with Crippen molar-refractivity contribution in [2.24, 2.45) is 0 Å². The van der Waals surface area contributed by atoms with Crippen LogP contribution in [0.1, 0.15) is 35.3 Å². The van der Waals surface area contributed by atoms with Crippen LogP contribution in [0.2, 0.25) is 0 Å². The molecule has 0 fully saturated rings. The predicted octanol–water partition coefficient (Wildman–Crippen LogP) is 1.49. The number of nitrogens with one attached hydrogen (secondary N) is 1. The molecular weight excluding hydrogens is 208 g/mol. The summed E-state index contributed by atoms with van der Waals surface area (Å²) in [4.78, 5) is 6.08. The number of hydrogen-bond acceptors (Lipinski definition) is 4. The van der Waals surface area contributed by atoms with E-state index in [0.29, 0.717) is 0 Å². The molecule has 4 heteroatoms. The summed E-state index contributed by atoms with van der Waals surface area (Å²) >= 11 is 1.83. The lowest BCUT2D eigenvalue weighted by atomic mass is 10.2. The highest BCUT2D eigenvalue weighted by molar-refractivity contribution is 7.11.